The smallest absolute Gasteiger partial charge is 0.154 e. The lowest BCUT2D eigenvalue weighted by molar-refractivity contribution is -0.119. The van der Waals surface area contributed by atoms with Gasteiger partial charge in [0.2, 0.25) is 0 Å². The fourth-order valence-corrected chi connectivity index (χ4v) is 2.29. The van der Waals surface area contributed by atoms with Gasteiger partial charge in [0.25, 0.3) is 0 Å². The summed E-state index contributed by atoms with van der Waals surface area (Å²) in [5.74, 6) is 0.261. The van der Waals surface area contributed by atoms with Gasteiger partial charge >= 0.3 is 0 Å². The summed E-state index contributed by atoms with van der Waals surface area (Å²) in [6.07, 6.45) is 1.62. The molecule has 0 radical (unpaired) electrons. The summed E-state index contributed by atoms with van der Waals surface area (Å²) in [4.78, 5) is 11.6. The molecular weight excluding hydrogens is 212 g/mol. The number of ketones is 1. The predicted octanol–water partition coefficient (Wildman–Crippen LogP) is 2.11. The van der Waals surface area contributed by atoms with Crippen molar-refractivity contribution in [1.29, 1.82) is 0 Å². The van der Waals surface area contributed by atoms with E-state index < -0.39 is 0 Å². The molecule has 1 aliphatic rings. The molecule has 2 N–H and O–H groups in total. The molecule has 0 saturated heterocycles. The molecular formula is C14H20N2O. The number of fused-ring (bicyclic) bond motifs is 1. The fourth-order valence-electron chi connectivity index (χ4n) is 2.29. The lowest BCUT2D eigenvalue weighted by Crippen LogP contribution is -2.28. The number of anilines is 1. The maximum absolute atomic E-state index is 11.6. The Bertz CT molecular complexity index is 415. The van der Waals surface area contributed by atoms with Gasteiger partial charge in [0.15, 0.2) is 5.78 Å². The minimum Gasteiger partial charge on any atom is -0.375 e. The number of nitrogens with one attached hydrogen (secondary N) is 2. The van der Waals surface area contributed by atoms with E-state index in [9.17, 15) is 4.79 Å². The Morgan fingerprint density at radius 3 is 3.12 bits per heavy atom. The highest BCUT2D eigenvalue weighted by Crippen LogP contribution is 2.23. The molecule has 1 aromatic rings. The van der Waals surface area contributed by atoms with E-state index in [1.807, 2.05) is 13.8 Å². The van der Waals surface area contributed by atoms with Crippen LogP contribution in [0.4, 0.5) is 5.69 Å². The van der Waals surface area contributed by atoms with Crippen LogP contribution in [0.1, 0.15) is 31.4 Å². The number of carbonyl (C=O) groups excluding carboxylic acids is 1. The molecule has 1 aromatic carbocycles. The van der Waals surface area contributed by atoms with Crippen molar-refractivity contribution in [2.45, 2.75) is 39.3 Å². The third-order valence-electron chi connectivity index (χ3n) is 3.34. The molecule has 0 unspecified atom stereocenters. The van der Waals surface area contributed by atoms with Crippen molar-refractivity contribution >= 4 is 11.5 Å². The first-order valence-electron chi connectivity index (χ1n) is 6.33. The van der Waals surface area contributed by atoms with E-state index >= 15 is 0 Å². The molecule has 0 bridgehead atoms. The SMILES string of the molecule is CCC(=O)[C@H](C)Nc1cccc2c1CCNC2. The molecule has 1 aliphatic heterocycles. The van der Waals surface area contributed by atoms with Gasteiger partial charge in [-0.1, -0.05) is 19.1 Å². The number of carbonyl (C=O) groups is 1. The first kappa shape index (κ1) is 12.1. The van der Waals surface area contributed by atoms with Crippen LogP contribution in [0.5, 0.6) is 0 Å². The molecule has 1 heterocycles. The summed E-state index contributed by atoms with van der Waals surface area (Å²) < 4.78 is 0. The van der Waals surface area contributed by atoms with Gasteiger partial charge in [0.05, 0.1) is 6.04 Å². The Kier molecular flexibility index (Phi) is 3.79. The molecule has 0 fully saturated rings. The number of hydrogen-bond donors (Lipinski definition) is 2. The fraction of sp³-hybridized carbons (Fsp3) is 0.500. The van der Waals surface area contributed by atoms with Gasteiger partial charge in [0.1, 0.15) is 0 Å². The standard InChI is InChI=1S/C14H20N2O/c1-3-14(17)10(2)16-13-6-4-5-11-9-15-8-7-12(11)13/h4-6,10,15-16H,3,7-9H2,1-2H3/t10-/m0/s1. The van der Waals surface area contributed by atoms with Gasteiger partial charge in [-0.25, -0.2) is 0 Å². The van der Waals surface area contributed by atoms with Crippen LogP contribution in [0.3, 0.4) is 0 Å². The molecule has 2 rings (SSSR count). The zero-order chi connectivity index (χ0) is 12.3. The van der Waals surface area contributed by atoms with Gasteiger partial charge in [-0.05, 0) is 37.1 Å². The minimum atomic E-state index is -0.0959. The number of benzene rings is 1. The first-order chi connectivity index (χ1) is 8.22. The second-order valence-corrected chi connectivity index (χ2v) is 4.56. The first-order valence-corrected chi connectivity index (χ1v) is 6.33. The maximum atomic E-state index is 11.6. The van der Waals surface area contributed by atoms with Crippen LogP contribution in [-0.2, 0) is 17.8 Å². The van der Waals surface area contributed by atoms with Crippen LogP contribution in [0.15, 0.2) is 18.2 Å². The minimum absolute atomic E-state index is 0.0959. The largest absolute Gasteiger partial charge is 0.375 e. The number of Topliss-reactive ketones (excluding diaryl/α,β-unsaturated/α-hetero) is 1. The van der Waals surface area contributed by atoms with Gasteiger partial charge < -0.3 is 10.6 Å². The third-order valence-corrected chi connectivity index (χ3v) is 3.34. The van der Waals surface area contributed by atoms with Crippen molar-refractivity contribution in [1.82, 2.24) is 5.32 Å². The average molecular weight is 232 g/mol. The highest BCUT2D eigenvalue weighted by atomic mass is 16.1. The maximum Gasteiger partial charge on any atom is 0.154 e. The van der Waals surface area contributed by atoms with Crippen LogP contribution in [0.25, 0.3) is 0 Å². The molecule has 3 nitrogen and oxygen atoms in total. The summed E-state index contributed by atoms with van der Waals surface area (Å²) in [5, 5.41) is 6.70. The van der Waals surface area contributed by atoms with Crippen LogP contribution in [0, 0.1) is 0 Å². The van der Waals surface area contributed by atoms with Gasteiger partial charge in [-0.15, -0.1) is 0 Å². The van der Waals surface area contributed by atoms with E-state index in [-0.39, 0.29) is 11.8 Å². The zero-order valence-corrected chi connectivity index (χ0v) is 10.5. The Morgan fingerprint density at radius 2 is 2.35 bits per heavy atom. The lowest BCUT2D eigenvalue weighted by atomic mass is 9.98. The number of hydrogen-bond acceptors (Lipinski definition) is 3. The van der Waals surface area contributed by atoms with Crippen LogP contribution >= 0.6 is 0 Å². The van der Waals surface area contributed by atoms with E-state index in [0.717, 1.165) is 25.2 Å². The van der Waals surface area contributed by atoms with E-state index in [4.69, 9.17) is 0 Å². The monoisotopic (exact) mass is 232 g/mol. The summed E-state index contributed by atoms with van der Waals surface area (Å²) >= 11 is 0. The Hall–Kier alpha value is -1.35. The van der Waals surface area contributed by atoms with Crippen molar-refractivity contribution < 1.29 is 4.79 Å². The molecule has 1 atom stereocenters. The summed E-state index contributed by atoms with van der Waals surface area (Å²) in [6.45, 7) is 5.79. The highest BCUT2D eigenvalue weighted by molar-refractivity contribution is 5.86. The summed E-state index contributed by atoms with van der Waals surface area (Å²) in [6, 6.07) is 6.18. The van der Waals surface area contributed by atoms with E-state index in [2.05, 4.69) is 28.8 Å². The highest BCUT2D eigenvalue weighted by Gasteiger charge is 2.15. The molecule has 0 aliphatic carbocycles. The summed E-state index contributed by atoms with van der Waals surface area (Å²) in [7, 11) is 0. The molecule has 0 spiro atoms. The normalized spacial score (nSPS) is 16.1. The zero-order valence-electron chi connectivity index (χ0n) is 10.5. The molecule has 3 heteroatoms. The Balaban J connectivity index is 2.18. The third kappa shape index (κ3) is 2.67. The van der Waals surface area contributed by atoms with Crippen molar-refractivity contribution in [2.75, 3.05) is 11.9 Å². The Morgan fingerprint density at radius 1 is 1.53 bits per heavy atom. The van der Waals surface area contributed by atoms with Gasteiger partial charge in [-0.2, -0.15) is 0 Å². The summed E-state index contributed by atoms with van der Waals surface area (Å²) in [5.41, 5.74) is 3.83. The second kappa shape index (κ2) is 5.32. The van der Waals surface area contributed by atoms with Crippen molar-refractivity contribution in [3.8, 4) is 0 Å². The predicted molar refractivity (Wildman–Crippen MR) is 70.2 cm³/mol. The average Bonchev–Trinajstić information content (AvgIpc) is 2.38. The van der Waals surface area contributed by atoms with Gasteiger partial charge in [-0.3, -0.25) is 4.79 Å². The number of rotatable bonds is 4. The molecule has 92 valence electrons. The van der Waals surface area contributed by atoms with Crippen molar-refractivity contribution in [2.24, 2.45) is 0 Å². The molecule has 0 aromatic heterocycles. The van der Waals surface area contributed by atoms with E-state index in [1.165, 1.54) is 11.1 Å². The quantitative estimate of drug-likeness (QED) is 0.835. The van der Waals surface area contributed by atoms with Crippen LogP contribution in [-0.4, -0.2) is 18.4 Å². The van der Waals surface area contributed by atoms with Crippen LogP contribution < -0.4 is 10.6 Å². The molecule has 0 saturated carbocycles. The second-order valence-electron chi connectivity index (χ2n) is 4.56. The molecule has 0 amide bonds. The Labute approximate surface area is 103 Å². The van der Waals surface area contributed by atoms with E-state index in [0.29, 0.717) is 6.42 Å². The van der Waals surface area contributed by atoms with Crippen molar-refractivity contribution in [3.05, 3.63) is 29.3 Å². The van der Waals surface area contributed by atoms with Gasteiger partial charge in [0, 0.05) is 18.7 Å². The molecule has 17 heavy (non-hydrogen) atoms. The topological polar surface area (TPSA) is 41.1 Å². The van der Waals surface area contributed by atoms with Crippen molar-refractivity contribution in [3.63, 3.8) is 0 Å². The lowest BCUT2D eigenvalue weighted by Gasteiger charge is -2.23. The van der Waals surface area contributed by atoms with E-state index in [1.54, 1.807) is 0 Å². The van der Waals surface area contributed by atoms with Crippen LogP contribution in [0.2, 0.25) is 0 Å².